The highest BCUT2D eigenvalue weighted by molar-refractivity contribution is 7.89. The Kier molecular flexibility index (Phi) is 6.73. The van der Waals surface area contributed by atoms with Crippen LogP contribution in [0.4, 0.5) is 0 Å². The number of hydrogen-bond acceptors (Lipinski definition) is 4. The Morgan fingerprint density at radius 3 is 2.52 bits per heavy atom. The fourth-order valence-electron chi connectivity index (χ4n) is 1.92. The van der Waals surface area contributed by atoms with Crippen molar-refractivity contribution in [3.63, 3.8) is 0 Å². The van der Waals surface area contributed by atoms with E-state index in [1.165, 1.54) is 6.07 Å². The molecular weight excluding hydrogens is 306 g/mol. The second-order valence-electron chi connectivity index (χ2n) is 5.25. The lowest BCUT2D eigenvalue weighted by Gasteiger charge is -2.11. The first-order valence-electron chi connectivity index (χ1n) is 6.79. The van der Waals surface area contributed by atoms with Crippen LogP contribution in [-0.2, 0) is 10.0 Å². The molecule has 21 heavy (non-hydrogen) atoms. The van der Waals surface area contributed by atoms with E-state index in [9.17, 15) is 8.42 Å². The smallest absolute Gasteiger partial charge is 0.240 e. The van der Waals surface area contributed by atoms with Crippen LogP contribution in [0.5, 0.6) is 0 Å². The third kappa shape index (κ3) is 5.70. The molecule has 0 atom stereocenters. The molecule has 0 bridgehead atoms. The molecule has 0 aliphatic heterocycles. The van der Waals surface area contributed by atoms with Crippen LogP contribution in [0.1, 0.15) is 24.0 Å². The molecule has 1 aromatic carbocycles. The Bertz CT molecular complexity index is 598. The van der Waals surface area contributed by atoms with Gasteiger partial charge < -0.3 is 10.6 Å². The first-order chi connectivity index (χ1) is 9.74. The SMILES string of the molecule is Cc1cc(S(=O)(=O)NCCCCN(C)C)ccc1C(N)=S. The summed E-state index contributed by atoms with van der Waals surface area (Å²) in [6, 6.07) is 4.78. The zero-order chi connectivity index (χ0) is 16.0. The summed E-state index contributed by atoms with van der Waals surface area (Å²) in [6.45, 7) is 3.18. The third-order valence-electron chi connectivity index (χ3n) is 3.10. The minimum absolute atomic E-state index is 0.243. The molecule has 0 unspecified atom stereocenters. The van der Waals surface area contributed by atoms with Crippen molar-refractivity contribution in [2.45, 2.75) is 24.7 Å². The third-order valence-corrected chi connectivity index (χ3v) is 4.78. The van der Waals surface area contributed by atoms with Gasteiger partial charge in [0.25, 0.3) is 0 Å². The summed E-state index contributed by atoms with van der Waals surface area (Å²) in [5.41, 5.74) is 7.04. The van der Waals surface area contributed by atoms with E-state index < -0.39 is 10.0 Å². The molecule has 0 radical (unpaired) electrons. The Morgan fingerprint density at radius 2 is 2.00 bits per heavy atom. The molecule has 0 aromatic heterocycles. The standard InChI is InChI=1S/C14H23N3O2S2/c1-11-10-12(6-7-13(11)14(15)20)21(18,19)16-8-4-5-9-17(2)3/h6-7,10,16H,4-5,8-9H2,1-3H3,(H2,15,20). The summed E-state index contributed by atoms with van der Waals surface area (Å²) >= 11 is 4.91. The molecule has 7 heteroatoms. The predicted molar refractivity (Wildman–Crippen MR) is 90.0 cm³/mol. The summed E-state index contributed by atoms with van der Waals surface area (Å²) in [7, 11) is 0.519. The summed E-state index contributed by atoms with van der Waals surface area (Å²) in [4.78, 5) is 2.59. The van der Waals surface area contributed by atoms with Crippen molar-refractivity contribution in [2.75, 3.05) is 27.2 Å². The van der Waals surface area contributed by atoms with Crippen molar-refractivity contribution in [1.82, 2.24) is 9.62 Å². The summed E-state index contributed by atoms with van der Waals surface area (Å²) in [5.74, 6) is 0. The quantitative estimate of drug-likeness (QED) is 0.554. The van der Waals surface area contributed by atoms with Crippen molar-refractivity contribution in [3.05, 3.63) is 29.3 Å². The van der Waals surface area contributed by atoms with E-state index in [-0.39, 0.29) is 9.88 Å². The average Bonchev–Trinajstić information content (AvgIpc) is 2.37. The van der Waals surface area contributed by atoms with E-state index in [0.717, 1.165) is 24.9 Å². The molecule has 1 aromatic rings. The first-order valence-corrected chi connectivity index (χ1v) is 8.68. The predicted octanol–water partition coefficient (Wildman–Crippen LogP) is 1.25. The lowest BCUT2D eigenvalue weighted by Crippen LogP contribution is -2.26. The van der Waals surface area contributed by atoms with Gasteiger partial charge in [0, 0.05) is 12.1 Å². The van der Waals surface area contributed by atoms with Crippen LogP contribution >= 0.6 is 12.2 Å². The van der Waals surface area contributed by atoms with Crippen molar-refractivity contribution >= 4 is 27.2 Å². The minimum atomic E-state index is -3.47. The van der Waals surface area contributed by atoms with E-state index in [0.29, 0.717) is 12.1 Å². The highest BCUT2D eigenvalue weighted by atomic mass is 32.2. The number of unbranched alkanes of at least 4 members (excludes halogenated alkanes) is 1. The Morgan fingerprint density at radius 1 is 1.33 bits per heavy atom. The fraction of sp³-hybridized carbons (Fsp3) is 0.500. The number of benzene rings is 1. The molecular formula is C14H23N3O2S2. The maximum Gasteiger partial charge on any atom is 0.240 e. The first kappa shape index (κ1) is 18.0. The molecule has 0 saturated heterocycles. The summed E-state index contributed by atoms with van der Waals surface area (Å²) in [6.07, 6.45) is 1.76. The van der Waals surface area contributed by atoms with Gasteiger partial charge in [0.15, 0.2) is 0 Å². The zero-order valence-corrected chi connectivity index (χ0v) is 14.4. The van der Waals surface area contributed by atoms with E-state index >= 15 is 0 Å². The van der Waals surface area contributed by atoms with Crippen molar-refractivity contribution in [2.24, 2.45) is 5.73 Å². The highest BCUT2D eigenvalue weighted by Gasteiger charge is 2.15. The van der Waals surface area contributed by atoms with Gasteiger partial charge in [0.2, 0.25) is 10.0 Å². The Hall–Kier alpha value is -1.02. The Balaban J connectivity index is 2.66. The zero-order valence-electron chi connectivity index (χ0n) is 12.7. The molecule has 0 spiro atoms. The number of sulfonamides is 1. The second-order valence-corrected chi connectivity index (χ2v) is 7.46. The lowest BCUT2D eigenvalue weighted by molar-refractivity contribution is 0.394. The number of nitrogens with two attached hydrogens (primary N) is 1. The van der Waals surface area contributed by atoms with Gasteiger partial charge in [-0.15, -0.1) is 0 Å². The van der Waals surface area contributed by atoms with E-state index in [4.69, 9.17) is 18.0 Å². The summed E-state index contributed by atoms with van der Waals surface area (Å²) in [5, 5.41) is 0. The lowest BCUT2D eigenvalue weighted by atomic mass is 10.1. The monoisotopic (exact) mass is 329 g/mol. The maximum absolute atomic E-state index is 12.2. The fourth-order valence-corrected chi connectivity index (χ4v) is 3.31. The van der Waals surface area contributed by atoms with Gasteiger partial charge in [-0.25, -0.2) is 13.1 Å². The van der Waals surface area contributed by atoms with Gasteiger partial charge in [-0.2, -0.15) is 0 Å². The molecule has 0 fully saturated rings. The molecule has 5 nitrogen and oxygen atoms in total. The second kappa shape index (κ2) is 7.84. The highest BCUT2D eigenvalue weighted by Crippen LogP contribution is 2.15. The van der Waals surface area contributed by atoms with Gasteiger partial charge in [-0.05, 0) is 58.1 Å². The van der Waals surface area contributed by atoms with Crippen molar-refractivity contribution in [1.29, 1.82) is 0 Å². The molecule has 0 aliphatic rings. The van der Waals surface area contributed by atoms with Gasteiger partial charge in [0.05, 0.1) is 4.90 Å². The molecule has 0 amide bonds. The molecule has 1 rings (SSSR count). The largest absolute Gasteiger partial charge is 0.389 e. The van der Waals surface area contributed by atoms with Gasteiger partial charge in [0.1, 0.15) is 4.99 Å². The van der Waals surface area contributed by atoms with Crippen LogP contribution in [0.3, 0.4) is 0 Å². The number of rotatable bonds is 8. The number of hydrogen-bond donors (Lipinski definition) is 2. The maximum atomic E-state index is 12.2. The molecule has 0 aliphatic carbocycles. The van der Waals surface area contributed by atoms with E-state index in [1.54, 1.807) is 19.1 Å². The molecule has 118 valence electrons. The van der Waals surface area contributed by atoms with Crippen molar-refractivity contribution < 1.29 is 8.42 Å². The van der Waals surface area contributed by atoms with Gasteiger partial charge in [-0.3, -0.25) is 0 Å². The van der Waals surface area contributed by atoms with Crippen LogP contribution in [0.2, 0.25) is 0 Å². The number of nitrogens with one attached hydrogen (secondary N) is 1. The van der Waals surface area contributed by atoms with Gasteiger partial charge >= 0.3 is 0 Å². The minimum Gasteiger partial charge on any atom is -0.389 e. The van der Waals surface area contributed by atoms with E-state index in [2.05, 4.69) is 9.62 Å². The number of nitrogens with zero attached hydrogens (tertiary/aromatic N) is 1. The van der Waals surface area contributed by atoms with Crippen LogP contribution in [0.25, 0.3) is 0 Å². The van der Waals surface area contributed by atoms with Crippen LogP contribution in [0.15, 0.2) is 23.1 Å². The molecule has 3 N–H and O–H groups in total. The summed E-state index contributed by atoms with van der Waals surface area (Å²) < 4.78 is 27.0. The normalized spacial score (nSPS) is 11.8. The molecule has 0 saturated carbocycles. The number of thiocarbonyl (C=S) groups is 1. The van der Waals surface area contributed by atoms with Crippen LogP contribution in [0, 0.1) is 6.92 Å². The van der Waals surface area contributed by atoms with Crippen molar-refractivity contribution in [3.8, 4) is 0 Å². The van der Waals surface area contributed by atoms with Gasteiger partial charge in [-0.1, -0.05) is 18.3 Å². The van der Waals surface area contributed by atoms with E-state index in [1.807, 2.05) is 14.1 Å². The van der Waals surface area contributed by atoms with Crippen LogP contribution < -0.4 is 10.5 Å². The number of aryl methyl sites for hydroxylation is 1. The average molecular weight is 329 g/mol. The Labute approximate surface area is 132 Å². The van der Waals surface area contributed by atoms with Crippen LogP contribution in [-0.4, -0.2) is 45.5 Å². The molecule has 0 heterocycles. The topological polar surface area (TPSA) is 75.4 Å².